The maximum atomic E-state index is 8.73. The van der Waals surface area contributed by atoms with Crippen LogP contribution in [0.1, 0.15) is 31.4 Å². The van der Waals surface area contributed by atoms with Gasteiger partial charge in [0.2, 0.25) is 0 Å². The molecule has 4 heteroatoms. The van der Waals surface area contributed by atoms with E-state index in [4.69, 9.17) is 14.6 Å². The smallest absolute Gasteiger partial charge is 0.127 e. The van der Waals surface area contributed by atoms with Crippen LogP contribution in [0.25, 0.3) is 0 Å². The molecule has 0 saturated carbocycles. The molecule has 0 saturated heterocycles. The van der Waals surface area contributed by atoms with Crippen molar-refractivity contribution in [2.75, 3.05) is 27.4 Å². The lowest BCUT2D eigenvalue weighted by Gasteiger charge is -2.18. The summed E-state index contributed by atoms with van der Waals surface area (Å²) in [6.45, 7) is 3.24. The Kier molecular flexibility index (Phi) is 6.54. The minimum atomic E-state index is 0.213. The SMILES string of the molecule is COc1ccc(C(C)NCCCCO)c(OC)c1. The fourth-order valence-corrected chi connectivity index (χ4v) is 1.84. The largest absolute Gasteiger partial charge is 0.497 e. The number of ether oxygens (including phenoxy) is 2. The Morgan fingerprint density at radius 3 is 2.61 bits per heavy atom. The van der Waals surface area contributed by atoms with Crippen LogP contribution in [0, 0.1) is 0 Å². The molecule has 0 aliphatic rings. The van der Waals surface area contributed by atoms with Crippen LogP contribution < -0.4 is 14.8 Å². The highest BCUT2D eigenvalue weighted by atomic mass is 16.5. The second-order valence-electron chi connectivity index (χ2n) is 4.21. The van der Waals surface area contributed by atoms with E-state index in [-0.39, 0.29) is 12.6 Å². The van der Waals surface area contributed by atoms with Gasteiger partial charge in [0, 0.05) is 24.3 Å². The minimum Gasteiger partial charge on any atom is -0.497 e. The third-order valence-corrected chi connectivity index (χ3v) is 2.94. The molecule has 0 bridgehead atoms. The Bertz CT molecular complexity index is 355. The first kappa shape index (κ1) is 14.8. The van der Waals surface area contributed by atoms with Crippen LogP contribution in [0.3, 0.4) is 0 Å². The summed E-state index contributed by atoms with van der Waals surface area (Å²) in [5, 5.41) is 12.1. The van der Waals surface area contributed by atoms with Crippen molar-refractivity contribution < 1.29 is 14.6 Å². The van der Waals surface area contributed by atoms with Crippen LogP contribution >= 0.6 is 0 Å². The zero-order valence-corrected chi connectivity index (χ0v) is 11.4. The molecular weight excluding hydrogens is 230 g/mol. The average molecular weight is 253 g/mol. The number of nitrogens with one attached hydrogen (secondary N) is 1. The van der Waals surface area contributed by atoms with E-state index < -0.39 is 0 Å². The van der Waals surface area contributed by atoms with Gasteiger partial charge in [-0.1, -0.05) is 6.07 Å². The quantitative estimate of drug-likeness (QED) is 0.697. The number of aliphatic hydroxyl groups excluding tert-OH is 1. The van der Waals surface area contributed by atoms with E-state index in [0.717, 1.165) is 36.4 Å². The molecule has 0 aliphatic carbocycles. The van der Waals surface area contributed by atoms with Crippen molar-refractivity contribution in [1.29, 1.82) is 0 Å². The Hall–Kier alpha value is -1.26. The van der Waals surface area contributed by atoms with Crippen LogP contribution in [0.5, 0.6) is 11.5 Å². The van der Waals surface area contributed by atoms with Crippen molar-refractivity contribution in [3.05, 3.63) is 23.8 Å². The Morgan fingerprint density at radius 2 is 2.00 bits per heavy atom. The van der Waals surface area contributed by atoms with E-state index in [9.17, 15) is 0 Å². The van der Waals surface area contributed by atoms with Crippen LogP contribution in [0.2, 0.25) is 0 Å². The number of unbranched alkanes of at least 4 members (excludes halogenated alkanes) is 1. The maximum Gasteiger partial charge on any atom is 0.127 e. The lowest BCUT2D eigenvalue weighted by Crippen LogP contribution is -2.20. The monoisotopic (exact) mass is 253 g/mol. The molecule has 0 radical (unpaired) electrons. The summed E-state index contributed by atoms with van der Waals surface area (Å²) in [6, 6.07) is 6.05. The number of rotatable bonds is 8. The fourth-order valence-electron chi connectivity index (χ4n) is 1.84. The fraction of sp³-hybridized carbons (Fsp3) is 0.571. The number of hydrogen-bond acceptors (Lipinski definition) is 4. The molecule has 0 aliphatic heterocycles. The molecule has 0 spiro atoms. The van der Waals surface area contributed by atoms with E-state index in [1.807, 2.05) is 18.2 Å². The van der Waals surface area contributed by atoms with Crippen LogP contribution in [0.15, 0.2) is 18.2 Å². The predicted molar refractivity (Wildman–Crippen MR) is 72.3 cm³/mol. The summed E-state index contributed by atoms with van der Waals surface area (Å²) < 4.78 is 10.6. The van der Waals surface area contributed by atoms with Gasteiger partial charge in [-0.25, -0.2) is 0 Å². The summed E-state index contributed by atoms with van der Waals surface area (Å²) in [5.74, 6) is 1.62. The Balaban J connectivity index is 2.63. The first-order valence-corrected chi connectivity index (χ1v) is 6.29. The van der Waals surface area contributed by atoms with Gasteiger partial charge >= 0.3 is 0 Å². The minimum absolute atomic E-state index is 0.213. The Morgan fingerprint density at radius 1 is 1.22 bits per heavy atom. The highest BCUT2D eigenvalue weighted by Gasteiger charge is 2.11. The van der Waals surface area contributed by atoms with Gasteiger partial charge in [0.1, 0.15) is 11.5 Å². The molecule has 102 valence electrons. The normalized spacial score (nSPS) is 12.2. The number of aliphatic hydroxyl groups is 1. The molecule has 0 heterocycles. The van der Waals surface area contributed by atoms with Gasteiger partial charge in [0.25, 0.3) is 0 Å². The number of hydrogen-bond donors (Lipinski definition) is 2. The van der Waals surface area contributed by atoms with Gasteiger partial charge in [-0.2, -0.15) is 0 Å². The van der Waals surface area contributed by atoms with E-state index in [1.54, 1.807) is 14.2 Å². The third kappa shape index (κ3) is 4.20. The summed E-state index contributed by atoms with van der Waals surface area (Å²) >= 11 is 0. The summed E-state index contributed by atoms with van der Waals surface area (Å²) in [7, 11) is 3.31. The third-order valence-electron chi connectivity index (χ3n) is 2.94. The summed E-state index contributed by atoms with van der Waals surface area (Å²) in [5.41, 5.74) is 1.11. The van der Waals surface area contributed by atoms with Crippen molar-refractivity contribution >= 4 is 0 Å². The second-order valence-corrected chi connectivity index (χ2v) is 4.21. The zero-order valence-electron chi connectivity index (χ0n) is 11.4. The molecule has 2 N–H and O–H groups in total. The summed E-state index contributed by atoms with van der Waals surface area (Å²) in [6.07, 6.45) is 1.80. The van der Waals surface area contributed by atoms with Crippen molar-refractivity contribution in [1.82, 2.24) is 5.32 Å². The van der Waals surface area contributed by atoms with E-state index in [1.165, 1.54) is 0 Å². The molecule has 0 amide bonds. The van der Waals surface area contributed by atoms with E-state index in [2.05, 4.69) is 12.2 Å². The molecule has 1 aromatic carbocycles. The first-order valence-electron chi connectivity index (χ1n) is 6.29. The van der Waals surface area contributed by atoms with Crippen molar-refractivity contribution in [2.45, 2.75) is 25.8 Å². The molecule has 1 unspecified atom stereocenters. The highest BCUT2D eigenvalue weighted by molar-refractivity contribution is 5.42. The van der Waals surface area contributed by atoms with Gasteiger partial charge < -0.3 is 19.9 Å². The van der Waals surface area contributed by atoms with Crippen LogP contribution in [-0.4, -0.2) is 32.5 Å². The zero-order chi connectivity index (χ0) is 13.4. The van der Waals surface area contributed by atoms with Crippen molar-refractivity contribution in [3.8, 4) is 11.5 Å². The van der Waals surface area contributed by atoms with E-state index in [0.29, 0.717) is 0 Å². The molecule has 18 heavy (non-hydrogen) atoms. The first-order chi connectivity index (χ1) is 8.72. The lowest BCUT2D eigenvalue weighted by atomic mass is 10.1. The lowest BCUT2D eigenvalue weighted by molar-refractivity contribution is 0.282. The van der Waals surface area contributed by atoms with Gasteiger partial charge in [-0.05, 0) is 32.4 Å². The topological polar surface area (TPSA) is 50.7 Å². The molecule has 4 nitrogen and oxygen atoms in total. The van der Waals surface area contributed by atoms with Crippen molar-refractivity contribution in [2.24, 2.45) is 0 Å². The molecule has 1 rings (SSSR count). The molecule has 1 atom stereocenters. The molecule has 0 fully saturated rings. The van der Waals surface area contributed by atoms with Gasteiger partial charge in [-0.3, -0.25) is 0 Å². The van der Waals surface area contributed by atoms with Crippen molar-refractivity contribution in [3.63, 3.8) is 0 Å². The van der Waals surface area contributed by atoms with Gasteiger partial charge in [-0.15, -0.1) is 0 Å². The average Bonchev–Trinajstić information content (AvgIpc) is 2.42. The van der Waals surface area contributed by atoms with Gasteiger partial charge in [0.15, 0.2) is 0 Å². The number of methoxy groups -OCH3 is 2. The molecule has 1 aromatic rings. The Labute approximate surface area is 109 Å². The second kappa shape index (κ2) is 7.95. The number of benzene rings is 1. The maximum absolute atomic E-state index is 8.73. The van der Waals surface area contributed by atoms with E-state index >= 15 is 0 Å². The van der Waals surface area contributed by atoms with Crippen LogP contribution in [0.4, 0.5) is 0 Å². The van der Waals surface area contributed by atoms with Crippen LogP contribution in [-0.2, 0) is 0 Å². The van der Waals surface area contributed by atoms with Gasteiger partial charge in [0.05, 0.1) is 14.2 Å². The molecule has 0 aromatic heterocycles. The summed E-state index contributed by atoms with van der Waals surface area (Å²) in [4.78, 5) is 0. The molecular formula is C14H23NO3. The standard InChI is InChI=1S/C14H23NO3/c1-11(15-8-4-5-9-16)13-7-6-12(17-2)10-14(13)18-3/h6-7,10-11,15-16H,4-5,8-9H2,1-3H3. The highest BCUT2D eigenvalue weighted by Crippen LogP contribution is 2.29. The predicted octanol–water partition coefficient (Wildman–Crippen LogP) is 2.13.